The first-order valence-corrected chi connectivity index (χ1v) is 15.6. The van der Waals surface area contributed by atoms with Crippen LogP contribution in [0, 0.1) is 17.8 Å². The third-order valence-electron chi connectivity index (χ3n) is 8.51. The highest BCUT2D eigenvalue weighted by atomic mass is 16.5. The molecule has 0 aromatic heterocycles. The van der Waals surface area contributed by atoms with E-state index in [2.05, 4.69) is 5.32 Å². The molecule has 0 bridgehead atoms. The predicted molar refractivity (Wildman–Crippen MR) is 163 cm³/mol. The molecule has 1 heterocycles. The minimum atomic E-state index is -0.553. The van der Waals surface area contributed by atoms with Gasteiger partial charge >= 0.3 is 5.97 Å². The van der Waals surface area contributed by atoms with Crippen molar-refractivity contribution in [2.24, 2.45) is 17.8 Å². The molecule has 2 aromatic rings. The highest BCUT2D eigenvalue weighted by Crippen LogP contribution is 2.28. The number of hydrogen-bond acceptors (Lipinski definition) is 5. The molecule has 226 valence electrons. The molecule has 2 aliphatic rings. The Balaban J connectivity index is 1.50. The molecule has 1 aliphatic carbocycles. The summed E-state index contributed by atoms with van der Waals surface area (Å²) in [6.07, 6.45) is 12.0. The quantitative estimate of drug-likeness (QED) is 0.300. The molecule has 2 N–H and O–H groups in total. The maximum absolute atomic E-state index is 13.6. The molecular formula is C35H46N2O5. The molecule has 1 aliphatic heterocycles. The Kier molecular flexibility index (Phi) is 12.6. The van der Waals surface area contributed by atoms with E-state index in [1.165, 1.54) is 19.3 Å². The smallest absolute Gasteiger partial charge is 0.309 e. The number of carbonyl (C=O) groups is 3. The Bertz CT molecular complexity index is 1150. The van der Waals surface area contributed by atoms with Gasteiger partial charge in [0.15, 0.2) is 0 Å². The van der Waals surface area contributed by atoms with E-state index < -0.39 is 5.92 Å². The van der Waals surface area contributed by atoms with Crippen molar-refractivity contribution in [1.82, 2.24) is 10.2 Å². The van der Waals surface area contributed by atoms with E-state index in [1.807, 2.05) is 72.8 Å². The summed E-state index contributed by atoms with van der Waals surface area (Å²) in [6.45, 7) is 0.583. The van der Waals surface area contributed by atoms with Crippen molar-refractivity contribution < 1.29 is 24.2 Å². The molecule has 1 saturated carbocycles. The number of aliphatic hydroxyl groups is 1. The molecule has 0 unspecified atom stereocenters. The zero-order valence-corrected chi connectivity index (χ0v) is 24.7. The highest BCUT2D eigenvalue weighted by molar-refractivity contribution is 5.86. The monoisotopic (exact) mass is 574 g/mol. The van der Waals surface area contributed by atoms with E-state index >= 15 is 0 Å². The molecule has 7 nitrogen and oxygen atoms in total. The summed E-state index contributed by atoms with van der Waals surface area (Å²) in [6, 6.07) is 19.3. The average molecular weight is 575 g/mol. The highest BCUT2D eigenvalue weighted by Gasteiger charge is 2.29. The van der Waals surface area contributed by atoms with Crippen molar-refractivity contribution in [2.75, 3.05) is 19.8 Å². The van der Waals surface area contributed by atoms with Crippen LogP contribution in [0.1, 0.15) is 68.9 Å². The van der Waals surface area contributed by atoms with Gasteiger partial charge in [-0.15, -0.1) is 0 Å². The second-order valence-corrected chi connectivity index (χ2v) is 11.8. The second-order valence-electron chi connectivity index (χ2n) is 11.8. The van der Waals surface area contributed by atoms with E-state index in [4.69, 9.17) is 4.74 Å². The van der Waals surface area contributed by atoms with E-state index in [9.17, 15) is 19.5 Å². The van der Waals surface area contributed by atoms with E-state index in [0.717, 1.165) is 30.4 Å². The van der Waals surface area contributed by atoms with Gasteiger partial charge in [0, 0.05) is 19.5 Å². The van der Waals surface area contributed by atoms with Gasteiger partial charge in [-0.2, -0.15) is 0 Å². The molecule has 42 heavy (non-hydrogen) atoms. The first kappa shape index (κ1) is 31.5. The normalized spacial score (nSPS) is 22.4. The summed E-state index contributed by atoms with van der Waals surface area (Å²) in [5.74, 6) is -0.969. The molecule has 2 aromatic carbocycles. The van der Waals surface area contributed by atoms with Gasteiger partial charge in [-0.25, -0.2) is 0 Å². The number of allylic oxidation sites excluding steroid dienone is 2. The zero-order chi connectivity index (χ0) is 29.6. The number of aliphatic hydroxyl groups excluding tert-OH is 1. The van der Waals surface area contributed by atoms with Gasteiger partial charge in [0.25, 0.3) is 0 Å². The summed E-state index contributed by atoms with van der Waals surface area (Å²) >= 11 is 0. The Morgan fingerprint density at radius 2 is 1.52 bits per heavy atom. The van der Waals surface area contributed by atoms with Crippen LogP contribution in [0.5, 0.6) is 0 Å². The molecule has 0 saturated heterocycles. The summed E-state index contributed by atoms with van der Waals surface area (Å²) in [5.41, 5.74) is 2.05. The maximum atomic E-state index is 13.6. The van der Waals surface area contributed by atoms with Gasteiger partial charge in [0.05, 0.1) is 24.5 Å². The van der Waals surface area contributed by atoms with Crippen molar-refractivity contribution in [3.63, 3.8) is 0 Å². The summed E-state index contributed by atoms with van der Waals surface area (Å²) in [7, 11) is 0. The molecule has 4 rings (SSSR count). The van der Waals surface area contributed by atoms with Crippen LogP contribution < -0.4 is 5.32 Å². The number of benzene rings is 2. The van der Waals surface area contributed by atoms with E-state index in [-0.39, 0.29) is 55.9 Å². The molecule has 3 atom stereocenters. The topological polar surface area (TPSA) is 95.9 Å². The van der Waals surface area contributed by atoms with Crippen molar-refractivity contribution in [3.05, 3.63) is 83.9 Å². The van der Waals surface area contributed by atoms with Crippen molar-refractivity contribution >= 4 is 17.8 Å². The van der Waals surface area contributed by atoms with Gasteiger partial charge in [-0.3, -0.25) is 14.4 Å². The van der Waals surface area contributed by atoms with Crippen molar-refractivity contribution in [1.29, 1.82) is 0 Å². The lowest BCUT2D eigenvalue weighted by Crippen LogP contribution is -2.45. The Morgan fingerprint density at radius 1 is 0.881 bits per heavy atom. The first-order valence-electron chi connectivity index (χ1n) is 15.6. The number of nitrogens with one attached hydrogen (secondary N) is 1. The van der Waals surface area contributed by atoms with E-state index in [0.29, 0.717) is 31.7 Å². The Hall–Kier alpha value is -3.45. The Morgan fingerprint density at radius 3 is 2.19 bits per heavy atom. The number of amides is 2. The van der Waals surface area contributed by atoms with Gasteiger partial charge in [-0.1, -0.05) is 105 Å². The molecule has 2 amide bonds. The number of hydrogen-bond donors (Lipinski definition) is 2. The van der Waals surface area contributed by atoms with Crippen LogP contribution in [0.3, 0.4) is 0 Å². The third kappa shape index (κ3) is 10.1. The predicted octanol–water partition coefficient (Wildman–Crippen LogP) is 5.22. The molecule has 0 radical (unpaired) electrons. The lowest BCUT2D eigenvalue weighted by Gasteiger charge is -2.29. The average Bonchev–Trinajstić information content (AvgIpc) is 3.01. The molecular weight excluding hydrogens is 528 g/mol. The minimum Gasteiger partial charge on any atom is -0.463 e. The number of esters is 1. The van der Waals surface area contributed by atoms with Gasteiger partial charge in [-0.05, 0) is 42.7 Å². The SMILES string of the molecule is O=C1N[C@@H](CC2CCCCC2)COC(=O)[C@H](Cc2ccccc2)CC=CC[C@@H]1CC(=O)N(CCO)Cc1ccccc1. The second kappa shape index (κ2) is 16.9. The zero-order valence-electron chi connectivity index (χ0n) is 24.7. The number of carbonyl (C=O) groups excluding carboxylic acids is 3. The molecule has 7 heteroatoms. The maximum Gasteiger partial charge on any atom is 0.309 e. The summed E-state index contributed by atoms with van der Waals surface area (Å²) in [5, 5.41) is 12.8. The lowest BCUT2D eigenvalue weighted by atomic mass is 9.84. The fourth-order valence-electron chi connectivity index (χ4n) is 6.14. The number of rotatable bonds is 10. The number of cyclic esters (lactones) is 1. The van der Waals surface area contributed by atoms with Crippen molar-refractivity contribution in [3.8, 4) is 0 Å². The first-order chi connectivity index (χ1) is 20.5. The van der Waals surface area contributed by atoms with Crippen LogP contribution in [-0.2, 0) is 32.1 Å². The van der Waals surface area contributed by atoms with Gasteiger partial charge in [0.1, 0.15) is 6.61 Å². The van der Waals surface area contributed by atoms with Crippen LogP contribution in [0.4, 0.5) is 0 Å². The minimum absolute atomic E-state index is 0.0480. The fraction of sp³-hybridized carbons (Fsp3) is 0.514. The standard InChI is InChI=1S/C35H46N2O5/c38-21-20-37(25-29-16-8-3-9-17-29)33(39)24-30-18-10-11-19-31(22-27-12-4-1-5-13-27)35(41)42-26-32(36-34(30)40)23-28-14-6-2-7-15-28/h1,3-5,8-13,16-17,28,30-32,38H,2,6-7,14-15,18-26H2,(H,36,40)/t30-,31+,32+/m1/s1. The number of ether oxygens (including phenoxy) is 1. The summed E-state index contributed by atoms with van der Waals surface area (Å²) < 4.78 is 5.86. The van der Waals surface area contributed by atoms with Gasteiger partial charge < -0.3 is 20.1 Å². The largest absolute Gasteiger partial charge is 0.463 e. The fourth-order valence-corrected chi connectivity index (χ4v) is 6.14. The lowest BCUT2D eigenvalue weighted by molar-refractivity contribution is -0.150. The van der Waals surface area contributed by atoms with Crippen molar-refractivity contribution in [2.45, 2.75) is 76.8 Å². The van der Waals surface area contributed by atoms with Crippen LogP contribution in [-0.4, -0.2) is 53.6 Å². The van der Waals surface area contributed by atoms with Crippen LogP contribution in [0.15, 0.2) is 72.8 Å². The van der Waals surface area contributed by atoms with Gasteiger partial charge in [0.2, 0.25) is 11.8 Å². The third-order valence-corrected chi connectivity index (χ3v) is 8.51. The molecule has 1 fully saturated rings. The van der Waals surface area contributed by atoms with Crippen LogP contribution in [0.25, 0.3) is 0 Å². The van der Waals surface area contributed by atoms with Crippen LogP contribution in [0.2, 0.25) is 0 Å². The number of nitrogens with zero attached hydrogens (tertiary/aromatic N) is 1. The summed E-state index contributed by atoms with van der Waals surface area (Å²) in [4.78, 5) is 41.9. The Labute approximate surface area is 250 Å². The van der Waals surface area contributed by atoms with Crippen LogP contribution >= 0.6 is 0 Å². The molecule has 0 spiro atoms. The van der Waals surface area contributed by atoms with E-state index in [1.54, 1.807) is 4.90 Å².